The molecule has 1 amide bonds. The van der Waals surface area contributed by atoms with Crippen LogP contribution < -0.4 is 5.69 Å². The number of furan rings is 1. The van der Waals surface area contributed by atoms with Gasteiger partial charge in [0.15, 0.2) is 0 Å². The van der Waals surface area contributed by atoms with Gasteiger partial charge in [-0.1, -0.05) is 18.2 Å². The minimum Gasteiger partial charge on any atom is -0.459 e. The maximum atomic E-state index is 13.0. The number of H-pyrrole nitrogens is 1. The zero-order valence-electron chi connectivity index (χ0n) is 16.0. The number of carbonyl (C=O) groups is 1. The smallest absolute Gasteiger partial charge is 0.406 e. The summed E-state index contributed by atoms with van der Waals surface area (Å²) in [6.07, 6.45) is -4.56. The summed E-state index contributed by atoms with van der Waals surface area (Å²) in [6.45, 7) is 0.954. The summed E-state index contributed by atoms with van der Waals surface area (Å²) in [5.74, 6) is 0.232. The van der Waals surface area contributed by atoms with Crippen molar-refractivity contribution in [2.24, 2.45) is 0 Å². The molecule has 0 aliphatic carbocycles. The van der Waals surface area contributed by atoms with Gasteiger partial charge < -0.3 is 14.3 Å². The highest BCUT2D eigenvalue weighted by Gasteiger charge is 2.30. The molecule has 4 aromatic rings. The lowest BCUT2D eigenvalue weighted by Crippen LogP contribution is -2.30. The lowest BCUT2D eigenvalue weighted by atomic mass is 10.1. The molecule has 156 valence electrons. The summed E-state index contributed by atoms with van der Waals surface area (Å²) in [5.41, 5.74) is 0.293. The molecule has 0 unspecified atom stereocenters. The largest absolute Gasteiger partial charge is 0.459 e. The predicted octanol–water partition coefficient (Wildman–Crippen LogP) is 4.30. The first kappa shape index (κ1) is 19.8. The molecule has 6 nitrogen and oxygen atoms in total. The zero-order chi connectivity index (χ0) is 21.5. The molecule has 9 heteroatoms. The Bertz CT molecular complexity index is 1250. The summed E-state index contributed by atoms with van der Waals surface area (Å²) in [7, 11) is 0. The first-order valence-corrected chi connectivity index (χ1v) is 9.31. The van der Waals surface area contributed by atoms with Gasteiger partial charge in [0.1, 0.15) is 17.9 Å². The number of aromatic amines is 1. The van der Waals surface area contributed by atoms with Gasteiger partial charge in [0.05, 0.1) is 17.6 Å². The van der Waals surface area contributed by atoms with Crippen molar-refractivity contribution in [1.29, 1.82) is 0 Å². The number of fused-ring (bicyclic) bond motifs is 2. The number of hydrogen-bond acceptors (Lipinski definition) is 3. The molecule has 1 N–H and O–H groups in total. The highest BCUT2D eigenvalue weighted by Crippen LogP contribution is 2.23. The summed E-state index contributed by atoms with van der Waals surface area (Å²) < 4.78 is 44.9. The lowest BCUT2D eigenvalue weighted by Gasteiger charge is -2.20. The Kier molecular flexibility index (Phi) is 4.89. The van der Waals surface area contributed by atoms with Crippen molar-refractivity contribution in [2.75, 3.05) is 6.54 Å². The standard InChI is InChI=1S/C21H18F3N3O3/c1-2-26(11-15-9-13-5-3-4-6-18(13)30-15)19(28)14-7-8-16-17(10-14)27(20(29)25-16)12-21(22,23)24/h3-10H,2,11-12H2,1H3,(H,25,29). The number of amides is 1. The minimum absolute atomic E-state index is 0.0305. The van der Waals surface area contributed by atoms with Crippen LogP contribution in [0.3, 0.4) is 0 Å². The van der Waals surface area contributed by atoms with E-state index in [0.717, 1.165) is 5.39 Å². The van der Waals surface area contributed by atoms with Crippen molar-refractivity contribution >= 4 is 27.9 Å². The van der Waals surface area contributed by atoms with Gasteiger partial charge in [-0.2, -0.15) is 13.2 Å². The average Bonchev–Trinajstić information content (AvgIpc) is 3.24. The maximum absolute atomic E-state index is 13.0. The van der Waals surface area contributed by atoms with Crippen molar-refractivity contribution in [2.45, 2.75) is 26.2 Å². The van der Waals surface area contributed by atoms with E-state index < -0.39 is 18.4 Å². The monoisotopic (exact) mass is 417 g/mol. The molecule has 0 aliphatic heterocycles. The highest BCUT2D eigenvalue weighted by molar-refractivity contribution is 5.97. The second-order valence-electron chi connectivity index (χ2n) is 6.93. The van der Waals surface area contributed by atoms with Gasteiger partial charge in [0.25, 0.3) is 5.91 Å². The number of imidazole rings is 1. The number of para-hydroxylation sites is 1. The third kappa shape index (κ3) is 3.83. The summed E-state index contributed by atoms with van der Waals surface area (Å²) in [5, 5.41) is 0.918. The summed E-state index contributed by atoms with van der Waals surface area (Å²) in [4.78, 5) is 28.8. The van der Waals surface area contributed by atoms with Crippen molar-refractivity contribution < 1.29 is 22.4 Å². The van der Waals surface area contributed by atoms with E-state index in [1.807, 2.05) is 30.3 Å². The molecule has 0 spiro atoms. The van der Waals surface area contributed by atoms with Crippen molar-refractivity contribution in [3.05, 3.63) is 70.3 Å². The van der Waals surface area contributed by atoms with Gasteiger partial charge in [-0.25, -0.2) is 4.79 Å². The number of rotatable bonds is 5. The number of carbonyl (C=O) groups excluding carboxylic acids is 1. The first-order valence-electron chi connectivity index (χ1n) is 9.31. The Labute approximate surface area is 168 Å². The van der Waals surface area contributed by atoms with Crippen LogP contribution in [0.4, 0.5) is 13.2 Å². The van der Waals surface area contributed by atoms with E-state index in [-0.39, 0.29) is 29.0 Å². The number of nitrogens with one attached hydrogen (secondary N) is 1. The highest BCUT2D eigenvalue weighted by atomic mass is 19.4. The van der Waals surface area contributed by atoms with E-state index in [2.05, 4.69) is 4.98 Å². The number of hydrogen-bond donors (Lipinski definition) is 1. The first-order chi connectivity index (χ1) is 14.2. The number of halogens is 3. The Morgan fingerprint density at radius 2 is 1.93 bits per heavy atom. The lowest BCUT2D eigenvalue weighted by molar-refractivity contribution is -0.140. The molecule has 0 saturated carbocycles. The molecule has 0 aliphatic rings. The predicted molar refractivity (Wildman–Crippen MR) is 105 cm³/mol. The van der Waals surface area contributed by atoms with Gasteiger partial charge in [0, 0.05) is 17.5 Å². The fourth-order valence-electron chi connectivity index (χ4n) is 3.43. The molecule has 2 aromatic carbocycles. The quantitative estimate of drug-likeness (QED) is 0.526. The van der Waals surface area contributed by atoms with Gasteiger partial charge in [0.2, 0.25) is 0 Å². The van der Waals surface area contributed by atoms with Crippen LogP contribution in [0.2, 0.25) is 0 Å². The van der Waals surface area contributed by atoms with Gasteiger partial charge in [-0.05, 0) is 37.3 Å². The van der Waals surface area contributed by atoms with E-state index >= 15 is 0 Å². The second-order valence-corrected chi connectivity index (χ2v) is 6.93. The minimum atomic E-state index is -4.56. The van der Waals surface area contributed by atoms with Crippen LogP contribution in [0.5, 0.6) is 0 Å². The van der Waals surface area contributed by atoms with Crippen molar-refractivity contribution in [3.63, 3.8) is 0 Å². The molecule has 0 atom stereocenters. The van der Waals surface area contributed by atoms with Crippen LogP contribution in [0.25, 0.3) is 22.0 Å². The van der Waals surface area contributed by atoms with Crippen molar-refractivity contribution in [3.8, 4) is 0 Å². The SMILES string of the molecule is CCN(Cc1cc2ccccc2o1)C(=O)c1ccc2[nH]c(=O)n(CC(F)(F)F)c2c1. The fraction of sp³-hybridized carbons (Fsp3) is 0.238. The fourth-order valence-corrected chi connectivity index (χ4v) is 3.43. The van der Waals surface area contributed by atoms with Crippen LogP contribution in [-0.2, 0) is 13.1 Å². The van der Waals surface area contributed by atoms with Crippen LogP contribution in [0, 0.1) is 0 Å². The molecule has 2 heterocycles. The number of nitrogens with zero attached hydrogens (tertiary/aromatic N) is 2. The molecule has 0 saturated heterocycles. The van der Waals surface area contributed by atoms with Crippen molar-refractivity contribution in [1.82, 2.24) is 14.5 Å². The van der Waals surface area contributed by atoms with E-state index in [4.69, 9.17) is 4.42 Å². The Morgan fingerprint density at radius 1 is 1.17 bits per heavy atom. The Morgan fingerprint density at radius 3 is 2.63 bits per heavy atom. The van der Waals surface area contributed by atoms with E-state index in [9.17, 15) is 22.8 Å². The zero-order valence-corrected chi connectivity index (χ0v) is 16.0. The van der Waals surface area contributed by atoms with Gasteiger partial charge in [-0.15, -0.1) is 0 Å². The number of aromatic nitrogens is 2. The van der Waals surface area contributed by atoms with E-state index in [1.165, 1.54) is 23.1 Å². The second kappa shape index (κ2) is 7.40. The molecule has 30 heavy (non-hydrogen) atoms. The normalized spacial score (nSPS) is 12.0. The topological polar surface area (TPSA) is 71.2 Å². The molecule has 4 rings (SSSR count). The molecular weight excluding hydrogens is 399 g/mol. The average molecular weight is 417 g/mol. The molecule has 0 radical (unpaired) electrons. The molecule has 0 bridgehead atoms. The van der Waals surface area contributed by atoms with Gasteiger partial charge >= 0.3 is 11.9 Å². The number of alkyl halides is 3. The van der Waals surface area contributed by atoms with E-state index in [0.29, 0.717) is 22.5 Å². The maximum Gasteiger partial charge on any atom is 0.406 e. The van der Waals surface area contributed by atoms with Crippen LogP contribution in [0.15, 0.2) is 57.7 Å². The van der Waals surface area contributed by atoms with Gasteiger partial charge in [-0.3, -0.25) is 9.36 Å². The third-order valence-corrected chi connectivity index (χ3v) is 4.85. The Balaban J connectivity index is 1.65. The summed E-state index contributed by atoms with van der Waals surface area (Å²) in [6, 6.07) is 13.6. The molecule has 2 aromatic heterocycles. The van der Waals surface area contributed by atoms with Crippen LogP contribution in [-0.4, -0.2) is 33.1 Å². The summed E-state index contributed by atoms with van der Waals surface area (Å²) >= 11 is 0. The van der Waals surface area contributed by atoms with E-state index in [1.54, 1.807) is 6.92 Å². The van der Waals surface area contributed by atoms with Crippen LogP contribution in [0.1, 0.15) is 23.0 Å². The Hall–Kier alpha value is -3.49. The third-order valence-electron chi connectivity index (χ3n) is 4.85. The number of benzene rings is 2. The van der Waals surface area contributed by atoms with Crippen LogP contribution >= 0.6 is 0 Å². The molecular formula is C21H18F3N3O3. The molecule has 0 fully saturated rings.